The Morgan fingerprint density at radius 3 is 2.24 bits per heavy atom. The van der Waals surface area contributed by atoms with Crippen molar-refractivity contribution in [2.24, 2.45) is 0 Å². The SMILES string of the molecule is COc1ccc(C(=O)N2CCSC23C(=O)N(Cc2ccc(C(F)(F)F)cc2)c2ccc(OC)cc23)cc1. The quantitative estimate of drug-likeness (QED) is 0.449. The lowest BCUT2D eigenvalue weighted by atomic mass is 10.0. The first-order valence-electron chi connectivity index (χ1n) is 11.5. The maximum atomic E-state index is 14.1. The molecule has 0 saturated carbocycles. The minimum Gasteiger partial charge on any atom is -0.497 e. The van der Waals surface area contributed by atoms with Gasteiger partial charge in [-0.25, -0.2) is 0 Å². The van der Waals surface area contributed by atoms with Crippen LogP contribution < -0.4 is 14.4 Å². The van der Waals surface area contributed by atoms with Crippen LogP contribution in [0.1, 0.15) is 27.0 Å². The average Bonchev–Trinajstić information content (AvgIpc) is 3.44. The van der Waals surface area contributed by atoms with E-state index in [0.717, 1.165) is 12.1 Å². The van der Waals surface area contributed by atoms with Gasteiger partial charge in [-0.2, -0.15) is 13.2 Å². The lowest BCUT2D eigenvalue weighted by Gasteiger charge is -2.33. The standard InChI is InChI=1S/C27H23F3N2O4S/c1-35-20-9-5-18(6-10-20)24(33)32-13-14-37-26(32)22-15-21(36-2)11-12-23(22)31(25(26)34)16-17-3-7-19(8-4-17)27(28,29)30/h3-12,15H,13-14,16H2,1-2H3. The van der Waals surface area contributed by atoms with Crippen molar-refractivity contribution in [2.45, 2.75) is 17.6 Å². The lowest BCUT2D eigenvalue weighted by molar-refractivity contribution is -0.137. The molecule has 1 saturated heterocycles. The van der Waals surface area contributed by atoms with E-state index in [2.05, 4.69) is 0 Å². The fourth-order valence-corrected chi connectivity index (χ4v) is 6.20. The first-order valence-corrected chi connectivity index (χ1v) is 12.4. The fraction of sp³-hybridized carbons (Fsp3) is 0.259. The number of hydrogen-bond acceptors (Lipinski definition) is 5. The van der Waals surface area contributed by atoms with Crippen LogP contribution in [0.15, 0.2) is 66.7 Å². The number of anilines is 1. The summed E-state index contributed by atoms with van der Waals surface area (Å²) in [6.45, 7) is 0.412. The summed E-state index contributed by atoms with van der Waals surface area (Å²) in [5.41, 5.74) is 1.41. The minimum atomic E-state index is -4.45. The maximum Gasteiger partial charge on any atom is 0.416 e. The molecule has 2 heterocycles. The number of carbonyl (C=O) groups excluding carboxylic acids is 2. The van der Waals surface area contributed by atoms with Crippen molar-refractivity contribution in [1.29, 1.82) is 0 Å². The van der Waals surface area contributed by atoms with Crippen LogP contribution in [-0.4, -0.2) is 43.2 Å². The van der Waals surface area contributed by atoms with Crippen molar-refractivity contribution in [2.75, 3.05) is 31.4 Å². The maximum absolute atomic E-state index is 14.1. The summed E-state index contributed by atoms with van der Waals surface area (Å²) in [5.74, 6) is 1.06. The van der Waals surface area contributed by atoms with Gasteiger partial charge in [0.15, 0.2) is 4.87 Å². The third-order valence-electron chi connectivity index (χ3n) is 6.60. The summed E-state index contributed by atoms with van der Waals surface area (Å²) in [6.07, 6.45) is -4.45. The second-order valence-electron chi connectivity index (χ2n) is 8.65. The van der Waals surface area contributed by atoms with E-state index in [-0.39, 0.29) is 18.4 Å². The van der Waals surface area contributed by atoms with E-state index in [1.165, 1.54) is 43.0 Å². The molecule has 10 heteroatoms. The molecule has 6 nitrogen and oxygen atoms in total. The van der Waals surface area contributed by atoms with Crippen LogP contribution >= 0.6 is 11.8 Å². The van der Waals surface area contributed by atoms with Gasteiger partial charge in [-0.05, 0) is 60.2 Å². The predicted molar refractivity (Wildman–Crippen MR) is 134 cm³/mol. The Balaban J connectivity index is 1.54. The Labute approximate surface area is 216 Å². The molecular formula is C27H23F3N2O4S. The van der Waals surface area contributed by atoms with E-state index < -0.39 is 16.6 Å². The molecule has 192 valence electrons. The highest BCUT2D eigenvalue weighted by Crippen LogP contribution is 2.55. The van der Waals surface area contributed by atoms with Gasteiger partial charge in [0.25, 0.3) is 11.8 Å². The third-order valence-corrected chi connectivity index (χ3v) is 8.02. The summed E-state index contributed by atoms with van der Waals surface area (Å²) in [5, 5.41) is 0. The highest BCUT2D eigenvalue weighted by molar-refractivity contribution is 8.01. The second kappa shape index (κ2) is 9.33. The van der Waals surface area contributed by atoms with Gasteiger partial charge < -0.3 is 19.3 Å². The molecule has 2 aliphatic rings. The summed E-state index contributed by atoms with van der Waals surface area (Å²) in [4.78, 5) is 29.6. The first kappa shape index (κ1) is 25.0. The molecule has 3 aromatic carbocycles. The number of alkyl halides is 3. The van der Waals surface area contributed by atoms with Gasteiger partial charge >= 0.3 is 6.18 Å². The molecule has 0 N–H and O–H groups in total. The number of methoxy groups -OCH3 is 2. The molecule has 0 radical (unpaired) electrons. The molecule has 37 heavy (non-hydrogen) atoms. The summed E-state index contributed by atoms with van der Waals surface area (Å²) >= 11 is 1.37. The zero-order valence-electron chi connectivity index (χ0n) is 20.0. The molecule has 1 spiro atoms. The zero-order valence-corrected chi connectivity index (χ0v) is 20.9. The number of hydrogen-bond donors (Lipinski definition) is 0. The van der Waals surface area contributed by atoms with E-state index in [1.54, 1.807) is 47.4 Å². The van der Waals surface area contributed by atoms with Gasteiger partial charge in [-0.15, -0.1) is 11.8 Å². The fourth-order valence-electron chi connectivity index (χ4n) is 4.75. The number of halogens is 3. The molecule has 1 atom stereocenters. The van der Waals surface area contributed by atoms with E-state index in [0.29, 0.717) is 46.2 Å². The van der Waals surface area contributed by atoms with Gasteiger partial charge in [0.05, 0.1) is 32.0 Å². The monoisotopic (exact) mass is 528 g/mol. The summed E-state index contributed by atoms with van der Waals surface area (Å²) in [6, 6.07) is 16.7. The largest absolute Gasteiger partial charge is 0.497 e. The summed E-state index contributed by atoms with van der Waals surface area (Å²) in [7, 11) is 3.06. The van der Waals surface area contributed by atoms with Gasteiger partial charge in [0, 0.05) is 23.4 Å². The van der Waals surface area contributed by atoms with Crippen molar-refractivity contribution in [3.8, 4) is 11.5 Å². The molecule has 0 aliphatic carbocycles. The van der Waals surface area contributed by atoms with Gasteiger partial charge in [0.1, 0.15) is 11.5 Å². The zero-order chi connectivity index (χ0) is 26.4. The predicted octanol–water partition coefficient (Wildman–Crippen LogP) is 5.31. The van der Waals surface area contributed by atoms with E-state index >= 15 is 0 Å². The smallest absolute Gasteiger partial charge is 0.416 e. The van der Waals surface area contributed by atoms with Crippen molar-refractivity contribution < 1.29 is 32.2 Å². The van der Waals surface area contributed by atoms with Crippen molar-refractivity contribution in [3.05, 3.63) is 89.0 Å². The van der Waals surface area contributed by atoms with Crippen LogP contribution in [0.5, 0.6) is 11.5 Å². The topological polar surface area (TPSA) is 59.1 Å². The van der Waals surface area contributed by atoms with Crippen LogP contribution in [0, 0.1) is 0 Å². The van der Waals surface area contributed by atoms with E-state index in [4.69, 9.17) is 9.47 Å². The number of ether oxygens (including phenoxy) is 2. The summed E-state index contributed by atoms with van der Waals surface area (Å²) < 4.78 is 49.7. The van der Waals surface area contributed by atoms with Crippen molar-refractivity contribution >= 4 is 29.3 Å². The van der Waals surface area contributed by atoms with Gasteiger partial charge in [-0.1, -0.05) is 12.1 Å². The number of nitrogens with zero attached hydrogens (tertiary/aromatic N) is 2. The molecule has 1 fully saturated rings. The van der Waals surface area contributed by atoms with Crippen LogP contribution in [0.2, 0.25) is 0 Å². The molecular weight excluding hydrogens is 505 g/mol. The number of thioether (sulfide) groups is 1. The Kier molecular flexibility index (Phi) is 6.31. The molecule has 5 rings (SSSR count). The highest BCUT2D eigenvalue weighted by atomic mass is 32.2. The van der Waals surface area contributed by atoms with Crippen LogP contribution in [0.25, 0.3) is 0 Å². The number of fused-ring (bicyclic) bond motifs is 2. The molecule has 0 aromatic heterocycles. The van der Waals surface area contributed by atoms with E-state index in [1.807, 2.05) is 0 Å². The number of amides is 2. The third kappa shape index (κ3) is 4.19. The Bertz CT molecular complexity index is 1350. The van der Waals surface area contributed by atoms with Crippen LogP contribution in [-0.2, 0) is 22.4 Å². The molecule has 2 aliphatic heterocycles. The van der Waals surface area contributed by atoms with Crippen LogP contribution in [0.4, 0.5) is 18.9 Å². The lowest BCUT2D eigenvalue weighted by Crippen LogP contribution is -2.50. The molecule has 3 aromatic rings. The minimum absolute atomic E-state index is 0.0587. The molecule has 2 amide bonds. The highest BCUT2D eigenvalue weighted by Gasteiger charge is 2.59. The average molecular weight is 529 g/mol. The number of rotatable bonds is 5. The van der Waals surface area contributed by atoms with Gasteiger partial charge in [0.2, 0.25) is 0 Å². The Morgan fingerprint density at radius 1 is 0.973 bits per heavy atom. The van der Waals surface area contributed by atoms with E-state index in [9.17, 15) is 22.8 Å². The Morgan fingerprint density at radius 2 is 1.62 bits per heavy atom. The first-order chi connectivity index (χ1) is 17.7. The second-order valence-corrected chi connectivity index (χ2v) is 9.93. The normalized spacial score (nSPS) is 18.9. The van der Waals surface area contributed by atoms with Crippen molar-refractivity contribution in [3.63, 3.8) is 0 Å². The van der Waals surface area contributed by atoms with Crippen molar-refractivity contribution in [1.82, 2.24) is 4.90 Å². The Hall–Kier alpha value is -3.66. The van der Waals surface area contributed by atoms with Crippen LogP contribution in [0.3, 0.4) is 0 Å². The molecule has 1 unspecified atom stereocenters. The molecule has 0 bridgehead atoms. The number of carbonyl (C=O) groups is 2. The number of benzene rings is 3. The van der Waals surface area contributed by atoms with Gasteiger partial charge in [-0.3, -0.25) is 9.59 Å².